The van der Waals surface area contributed by atoms with Gasteiger partial charge in [0.15, 0.2) is 0 Å². The summed E-state index contributed by atoms with van der Waals surface area (Å²) in [6.07, 6.45) is -3.43. The molecule has 29 heavy (non-hydrogen) atoms. The zero-order valence-corrected chi connectivity index (χ0v) is 17.0. The van der Waals surface area contributed by atoms with Crippen LogP contribution in [0.2, 0.25) is 0 Å². The molecule has 0 amide bonds. The molecule has 0 bridgehead atoms. The van der Waals surface area contributed by atoms with Crippen LogP contribution in [0, 0.1) is 6.92 Å². The standard InChI is InChI=1S/C18H19F3N2O4S2/c1-13-7-8-16(23-9-2-3-10-28(23,24)25)12-17(13)29(26,27)22-15-6-4-5-14(11-15)18(19,20)21/h4-8,11-12,22H,2-3,9-10H2,1H3. The van der Waals surface area contributed by atoms with Crippen LogP contribution in [0.1, 0.15) is 24.0 Å². The number of hydrogen-bond acceptors (Lipinski definition) is 4. The van der Waals surface area contributed by atoms with Crippen LogP contribution in [-0.4, -0.2) is 29.1 Å². The number of nitrogens with one attached hydrogen (secondary N) is 1. The average molecular weight is 448 g/mol. The highest BCUT2D eigenvalue weighted by atomic mass is 32.2. The Hall–Kier alpha value is -2.27. The number of anilines is 2. The topological polar surface area (TPSA) is 83.6 Å². The van der Waals surface area contributed by atoms with Gasteiger partial charge in [-0.1, -0.05) is 12.1 Å². The molecule has 3 rings (SSSR count). The van der Waals surface area contributed by atoms with E-state index in [1.54, 1.807) is 0 Å². The molecule has 0 unspecified atom stereocenters. The average Bonchev–Trinajstić information content (AvgIpc) is 2.61. The number of hydrogen-bond donors (Lipinski definition) is 1. The Balaban J connectivity index is 1.97. The maximum absolute atomic E-state index is 12.9. The van der Waals surface area contributed by atoms with Crippen LogP contribution in [0.4, 0.5) is 24.5 Å². The van der Waals surface area contributed by atoms with Gasteiger partial charge in [-0.2, -0.15) is 13.2 Å². The van der Waals surface area contributed by atoms with Crippen molar-refractivity contribution in [2.45, 2.75) is 30.8 Å². The van der Waals surface area contributed by atoms with Crippen molar-refractivity contribution < 1.29 is 30.0 Å². The number of benzene rings is 2. The summed E-state index contributed by atoms with van der Waals surface area (Å²) in [6, 6.07) is 8.07. The molecular weight excluding hydrogens is 429 g/mol. The second kappa shape index (κ2) is 7.52. The number of halogens is 3. The number of alkyl halides is 3. The lowest BCUT2D eigenvalue weighted by atomic mass is 10.2. The first-order valence-electron chi connectivity index (χ1n) is 8.71. The summed E-state index contributed by atoms with van der Waals surface area (Å²) < 4.78 is 92.2. The van der Waals surface area contributed by atoms with Gasteiger partial charge in [0.05, 0.1) is 21.9 Å². The first kappa shape index (κ1) is 21.4. The molecule has 2 aromatic rings. The lowest BCUT2D eigenvalue weighted by molar-refractivity contribution is -0.137. The highest BCUT2D eigenvalue weighted by Gasteiger charge is 2.31. The van der Waals surface area contributed by atoms with Crippen LogP contribution in [0.3, 0.4) is 0 Å². The molecule has 11 heteroatoms. The van der Waals surface area contributed by atoms with Crippen molar-refractivity contribution in [3.8, 4) is 0 Å². The van der Waals surface area contributed by atoms with Crippen molar-refractivity contribution in [3.63, 3.8) is 0 Å². The molecule has 1 fully saturated rings. The van der Waals surface area contributed by atoms with Crippen LogP contribution in [0.25, 0.3) is 0 Å². The first-order chi connectivity index (χ1) is 13.4. The summed E-state index contributed by atoms with van der Waals surface area (Å²) in [6.45, 7) is 1.77. The molecule has 0 aromatic heterocycles. The minimum atomic E-state index is -4.61. The lowest BCUT2D eigenvalue weighted by Crippen LogP contribution is -2.38. The second-order valence-electron chi connectivity index (χ2n) is 6.73. The van der Waals surface area contributed by atoms with E-state index in [0.717, 1.165) is 12.1 Å². The van der Waals surface area contributed by atoms with Gasteiger partial charge in [0.25, 0.3) is 10.0 Å². The number of rotatable bonds is 4. The predicted molar refractivity (Wildman–Crippen MR) is 104 cm³/mol. The Kier molecular flexibility index (Phi) is 5.56. The van der Waals surface area contributed by atoms with E-state index >= 15 is 0 Å². The number of nitrogens with zero attached hydrogens (tertiary/aromatic N) is 1. The lowest BCUT2D eigenvalue weighted by Gasteiger charge is -2.28. The highest BCUT2D eigenvalue weighted by Crippen LogP contribution is 2.32. The largest absolute Gasteiger partial charge is 0.416 e. The normalized spacial score (nSPS) is 17.2. The molecular formula is C18H19F3N2O4S2. The van der Waals surface area contributed by atoms with Gasteiger partial charge in [-0.25, -0.2) is 16.8 Å². The SMILES string of the molecule is Cc1ccc(N2CCCCS2(=O)=O)cc1S(=O)(=O)Nc1cccc(C(F)(F)F)c1. The molecule has 6 nitrogen and oxygen atoms in total. The third-order valence-electron chi connectivity index (χ3n) is 4.54. The van der Waals surface area contributed by atoms with Crippen LogP contribution in [0.15, 0.2) is 47.4 Å². The molecule has 1 saturated heterocycles. The van der Waals surface area contributed by atoms with E-state index in [1.807, 2.05) is 0 Å². The van der Waals surface area contributed by atoms with E-state index in [9.17, 15) is 30.0 Å². The first-order valence-corrected chi connectivity index (χ1v) is 11.8. The summed E-state index contributed by atoms with van der Waals surface area (Å²) in [7, 11) is -7.78. The van der Waals surface area contributed by atoms with E-state index in [2.05, 4.69) is 4.72 Å². The van der Waals surface area contributed by atoms with E-state index in [4.69, 9.17) is 0 Å². The van der Waals surface area contributed by atoms with Crippen LogP contribution in [-0.2, 0) is 26.2 Å². The number of sulfonamides is 2. The maximum atomic E-state index is 12.9. The number of aryl methyl sites for hydroxylation is 1. The molecule has 1 aliphatic rings. The summed E-state index contributed by atoms with van der Waals surface area (Å²) in [5, 5.41) is 0. The van der Waals surface area contributed by atoms with Crippen LogP contribution < -0.4 is 9.03 Å². The van der Waals surface area contributed by atoms with Crippen molar-refractivity contribution in [1.82, 2.24) is 0 Å². The fraction of sp³-hybridized carbons (Fsp3) is 0.333. The Bertz CT molecular complexity index is 1130. The molecule has 1 heterocycles. The molecule has 0 atom stereocenters. The maximum Gasteiger partial charge on any atom is 0.416 e. The van der Waals surface area contributed by atoms with E-state index in [-0.39, 0.29) is 28.6 Å². The molecule has 2 aromatic carbocycles. The van der Waals surface area contributed by atoms with Gasteiger partial charge >= 0.3 is 6.18 Å². The van der Waals surface area contributed by atoms with Crippen LogP contribution in [0.5, 0.6) is 0 Å². The summed E-state index contributed by atoms with van der Waals surface area (Å²) in [5.74, 6) is -0.0224. The van der Waals surface area contributed by atoms with Crippen molar-refractivity contribution >= 4 is 31.4 Å². The summed E-state index contributed by atoms with van der Waals surface area (Å²) >= 11 is 0. The van der Waals surface area contributed by atoms with Gasteiger partial charge in [0, 0.05) is 12.2 Å². The molecule has 1 N–H and O–H groups in total. The molecule has 1 aliphatic heterocycles. The van der Waals surface area contributed by atoms with E-state index in [0.29, 0.717) is 24.5 Å². The Labute approximate surface area is 167 Å². The third kappa shape index (κ3) is 4.67. The predicted octanol–water partition coefficient (Wildman–Crippen LogP) is 3.74. The van der Waals surface area contributed by atoms with Gasteiger partial charge in [-0.05, 0) is 55.7 Å². The monoisotopic (exact) mass is 448 g/mol. The van der Waals surface area contributed by atoms with Crippen molar-refractivity contribution in [1.29, 1.82) is 0 Å². The zero-order chi connectivity index (χ0) is 21.4. The van der Waals surface area contributed by atoms with Gasteiger partial charge in [-0.15, -0.1) is 0 Å². The summed E-state index contributed by atoms with van der Waals surface area (Å²) in [5.41, 5.74) is -0.680. The van der Waals surface area contributed by atoms with E-state index < -0.39 is 31.8 Å². The fourth-order valence-corrected chi connectivity index (χ4v) is 6.03. The van der Waals surface area contributed by atoms with Crippen molar-refractivity contribution in [3.05, 3.63) is 53.6 Å². The Morgan fingerprint density at radius 1 is 1.07 bits per heavy atom. The fourth-order valence-electron chi connectivity index (χ4n) is 3.08. The molecule has 0 spiro atoms. The minimum Gasteiger partial charge on any atom is -0.280 e. The van der Waals surface area contributed by atoms with E-state index in [1.165, 1.54) is 35.5 Å². The van der Waals surface area contributed by atoms with Crippen LogP contribution >= 0.6 is 0 Å². The molecule has 0 aliphatic carbocycles. The smallest absolute Gasteiger partial charge is 0.280 e. The van der Waals surface area contributed by atoms with Crippen molar-refractivity contribution in [2.75, 3.05) is 21.3 Å². The Morgan fingerprint density at radius 2 is 1.79 bits per heavy atom. The van der Waals surface area contributed by atoms with Gasteiger partial charge in [-0.3, -0.25) is 9.03 Å². The summed E-state index contributed by atoms with van der Waals surface area (Å²) in [4.78, 5) is -0.201. The third-order valence-corrected chi connectivity index (χ3v) is 7.93. The van der Waals surface area contributed by atoms with Crippen molar-refractivity contribution in [2.24, 2.45) is 0 Å². The van der Waals surface area contributed by atoms with Gasteiger partial charge in [0.2, 0.25) is 10.0 Å². The van der Waals surface area contributed by atoms with Gasteiger partial charge < -0.3 is 0 Å². The minimum absolute atomic E-state index is 0.0224. The highest BCUT2D eigenvalue weighted by molar-refractivity contribution is 7.93. The molecule has 158 valence electrons. The van der Waals surface area contributed by atoms with Gasteiger partial charge in [0.1, 0.15) is 0 Å². The Morgan fingerprint density at radius 3 is 2.45 bits per heavy atom. The quantitative estimate of drug-likeness (QED) is 0.772. The second-order valence-corrected chi connectivity index (χ2v) is 10.4. The molecule has 0 saturated carbocycles. The zero-order valence-electron chi connectivity index (χ0n) is 15.4. The molecule has 0 radical (unpaired) electrons.